The third-order valence-corrected chi connectivity index (χ3v) is 4.07. The van der Waals surface area contributed by atoms with Crippen molar-refractivity contribution in [2.75, 3.05) is 26.1 Å². The van der Waals surface area contributed by atoms with Gasteiger partial charge in [-0.05, 0) is 19.3 Å². The zero-order valence-electron chi connectivity index (χ0n) is 8.87. The summed E-state index contributed by atoms with van der Waals surface area (Å²) in [6, 6.07) is 0. The summed E-state index contributed by atoms with van der Waals surface area (Å²) in [5.74, 6) is 1.03. The monoisotopic (exact) mass is 219 g/mol. The Morgan fingerprint density at radius 3 is 3.07 bits per heavy atom. The van der Waals surface area contributed by atoms with Gasteiger partial charge in [0.2, 0.25) is 0 Å². The van der Waals surface area contributed by atoms with Crippen LogP contribution in [0.1, 0.15) is 25.7 Å². The fourth-order valence-corrected chi connectivity index (χ4v) is 3.30. The maximum Gasteiger partial charge on any atom is 0.0611 e. The van der Waals surface area contributed by atoms with Crippen LogP contribution in [0.4, 0.5) is 0 Å². The third kappa shape index (κ3) is 3.77. The summed E-state index contributed by atoms with van der Waals surface area (Å²) in [4.78, 5) is 0. The lowest BCUT2D eigenvalue weighted by Crippen LogP contribution is -2.48. The van der Waals surface area contributed by atoms with Gasteiger partial charge in [0.1, 0.15) is 0 Å². The molecule has 0 aliphatic heterocycles. The van der Waals surface area contributed by atoms with Gasteiger partial charge in [0.25, 0.3) is 0 Å². The molecule has 3 N–H and O–H groups in total. The minimum Gasteiger partial charge on any atom is -0.394 e. The Morgan fingerprint density at radius 2 is 2.43 bits per heavy atom. The highest BCUT2D eigenvalue weighted by atomic mass is 32.2. The highest BCUT2D eigenvalue weighted by Crippen LogP contribution is 2.33. The first kappa shape index (κ1) is 12.3. The maximum atomic E-state index is 9.18. The highest BCUT2D eigenvalue weighted by molar-refractivity contribution is 7.99. The van der Waals surface area contributed by atoms with Gasteiger partial charge in [0.15, 0.2) is 0 Å². The molecule has 0 heterocycles. The van der Waals surface area contributed by atoms with E-state index in [-0.39, 0.29) is 12.1 Å². The summed E-state index contributed by atoms with van der Waals surface area (Å²) in [6.07, 6.45) is 4.28. The number of ether oxygens (including phenoxy) is 1. The Bertz CT molecular complexity index is 168. The number of rotatable bonds is 5. The van der Waals surface area contributed by atoms with Gasteiger partial charge >= 0.3 is 0 Å². The molecule has 0 aromatic rings. The summed E-state index contributed by atoms with van der Waals surface area (Å²) in [7, 11) is 1.72. The minimum absolute atomic E-state index is 0.119. The van der Waals surface area contributed by atoms with E-state index in [1.807, 2.05) is 11.8 Å². The Balaban J connectivity index is 2.25. The summed E-state index contributed by atoms with van der Waals surface area (Å²) >= 11 is 1.92. The predicted molar refractivity (Wildman–Crippen MR) is 60.6 cm³/mol. The fourth-order valence-electron chi connectivity index (χ4n) is 1.92. The van der Waals surface area contributed by atoms with Crippen LogP contribution in [0, 0.1) is 0 Å². The van der Waals surface area contributed by atoms with Crippen LogP contribution in [-0.2, 0) is 4.74 Å². The first-order valence-corrected chi connectivity index (χ1v) is 6.25. The zero-order valence-corrected chi connectivity index (χ0v) is 9.68. The van der Waals surface area contributed by atoms with Crippen LogP contribution in [0.3, 0.4) is 0 Å². The topological polar surface area (TPSA) is 55.5 Å². The van der Waals surface area contributed by atoms with Crippen LogP contribution in [0.25, 0.3) is 0 Å². The highest BCUT2D eigenvalue weighted by Gasteiger charge is 2.32. The SMILES string of the molecule is COCCSC1CCCC(N)(CO)C1. The molecule has 0 bridgehead atoms. The van der Waals surface area contributed by atoms with E-state index in [0.29, 0.717) is 5.25 Å². The normalized spacial score (nSPS) is 33.2. The lowest BCUT2D eigenvalue weighted by Gasteiger charge is -2.36. The van der Waals surface area contributed by atoms with Gasteiger partial charge in [-0.15, -0.1) is 0 Å². The van der Waals surface area contributed by atoms with Gasteiger partial charge in [0.05, 0.1) is 13.2 Å². The largest absolute Gasteiger partial charge is 0.394 e. The molecular weight excluding hydrogens is 198 g/mol. The smallest absolute Gasteiger partial charge is 0.0611 e. The molecule has 84 valence electrons. The molecule has 1 saturated carbocycles. The van der Waals surface area contributed by atoms with E-state index in [9.17, 15) is 5.11 Å². The van der Waals surface area contributed by atoms with Crippen molar-refractivity contribution >= 4 is 11.8 Å². The van der Waals surface area contributed by atoms with Crippen LogP contribution >= 0.6 is 11.8 Å². The number of aliphatic hydroxyl groups is 1. The van der Waals surface area contributed by atoms with Crippen molar-refractivity contribution in [3.8, 4) is 0 Å². The van der Waals surface area contributed by atoms with Crippen LogP contribution in [0.15, 0.2) is 0 Å². The number of aliphatic hydroxyl groups excluding tert-OH is 1. The first-order chi connectivity index (χ1) is 6.70. The molecule has 14 heavy (non-hydrogen) atoms. The molecular formula is C10H21NO2S. The quantitative estimate of drug-likeness (QED) is 0.677. The van der Waals surface area contributed by atoms with E-state index in [4.69, 9.17) is 10.5 Å². The van der Waals surface area contributed by atoms with Crippen molar-refractivity contribution in [1.29, 1.82) is 0 Å². The van der Waals surface area contributed by atoms with Gasteiger partial charge in [-0.2, -0.15) is 11.8 Å². The summed E-state index contributed by atoms with van der Waals surface area (Å²) in [6.45, 7) is 0.923. The summed E-state index contributed by atoms with van der Waals surface area (Å²) < 4.78 is 5.01. The Hall–Kier alpha value is 0.230. The van der Waals surface area contributed by atoms with Crippen molar-refractivity contribution in [2.24, 2.45) is 5.73 Å². The molecule has 0 spiro atoms. The van der Waals surface area contributed by atoms with Crippen LogP contribution in [-0.4, -0.2) is 42.0 Å². The van der Waals surface area contributed by atoms with Gasteiger partial charge in [-0.3, -0.25) is 0 Å². The number of hydrogen-bond donors (Lipinski definition) is 2. The van der Waals surface area contributed by atoms with Crippen molar-refractivity contribution in [3.05, 3.63) is 0 Å². The molecule has 0 aromatic carbocycles. The van der Waals surface area contributed by atoms with Crippen molar-refractivity contribution in [1.82, 2.24) is 0 Å². The molecule has 4 heteroatoms. The number of nitrogens with two attached hydrogens (primary N) is 1. The average Bonchev–Trinajstić information content (AvgIpc) is 2.19. The number of methoxy groups -OCH3 is 1. The van der Waals surface area contributed by atoms with Crippen molar-refractivity contribution in [3.63, 3.8) is 0 Å². The van der Waals surface area contributed by atoms with Crippen molar-refractivity contribution < 1.29 is 9.84 Å². The lowest BCUT2D eigenvalue weighted by molar-refractivity contribution is 0.159. The zero-order chi connectivity index (χ0) is 10.4. The van der Waals surface area contributed by atoms with E-state index in [2.05, 4.69) is 0 Å². The molecule has 1 aliphatic carbocycles. The maximum absolute atomic E-state index is 9.18. The van der Waals surface area contributed by atoms with E-state index < -0.39 is 0 Å². The molecule has 2 atom stereocenters. The number of hydrogen-bond acceptors (Lipinski definition) is 4. The molecule has 3 nitrogen and oxygen atoms in total. The Kier molecular flexibility index (Phi) is 5.23. The second kappa shape index (κ2) is 5.95. The van der Waals surface area contributed by atoms with Crippen LogP contribution in [0.5, 0.6) is 0 Å². The molecule has 1 rings (SSSR count). The third-order valence-electron chi connectivity index (χ3n) is 2.79. The fraction of sp³-hybridized carbons (Fsp3) is 1.00. The van der Waals surface area contributed by atoms with Gasteiger partial charge in [0, 0.05) is 23.7 Å². The van der Waals surface area contributed by atoms with Crippen LogP contribution in [0.2, 0.25) is 0 Å². The second-order valence-electron chi connectivity index (χ2n) is 4.10. The molecule has 0 saturated heterocycles. The van der Waals surface area contributed by atoms with Gasteiger partial charge < -0.3 is 15.6 Å². The Morgan fingerprint density at radius 1 is 1.64 bits per heavy atom. The van der Waals surface area contributed by atoms with E-state index in [0.717, 1.165) is 31.6 Å². The average molecular weight is 219 g/mol. The second-order valence-corrected chi connectivity index (χ2v) is 5.51. The molecule has 1 aliphatic rings. The Labute approximate surface area is 90.4 Å². The summed E-state index contributed by atoms with van der Waals surface area (Å²) in [5.41, 5.74) is 5.74. The van der Waals surface area contributed by atoms with E-state index in [1.54, 1.807) is 7.11 Å². The molecule has 0 radical (unpaired) electrons. The van der Waals surface area contributed by atoms with E-state index >= 15 is 0 Å². The van der Waals surface area contributed by atoms with E-state index in [1.165, 1.54) is 6.42 Å². The lowest BCUT2D eigenvalue weighted by atomic mass is 9.83. The standard InChI is InChI=1S/C10H21NO2S/c1-13-5-6-14-9-3-2-4-10(11,7-9)8-12/h9,12H,2-8,11H2,1H3. The molecule has 0 aromatic heterocycles. The van der Waals surface area contributed by atoms with Gasteiger partial charge in [-0.25, -0.2) is 0 Å². The molecule has 0 amide bonds. The van der Waals surface area contributed by atoms with Crippen LogP contribution < -0.4 is 5.73 Å². The molecule has 2 unspecified atom stereocenters. The number of thioether (sulfide) groups is 1. The van der Waals surface area contributed by atoms with Crippen molar-refractivity contribution in [2.45, 2.75) is 36.5 Å². The summed E-state index contributed by atoms with van der Waals surface area (Å²) in [5, 5.41) is 9.79. The molecule has 1 fully saturated rings. The van der Waals surface area contributed by atoms with Gasteiger partial charge in [-0.1, -0.05) is 6.42 Å². The predicted octanol–water partition coefficient (Wildman–Crippen LogP) is 0.998. The minimum atomic E-state index is -0.316. The first-order valence-electron chi connectivity index (χ1n) is 5.20.